The number of nitrogens with one attached hydrogen (secondary N) is 1. The molecular formula is C21H23N5O2. The van der Waals surface area contributed by atoms with Crippen LogP contribution in [0.5, 0.6) is 5.75 Å². The van der Waals surface area contributed by atoms with Crippen LogP contribution in [0.2, 0.25) is 0 Å². The van der Waals surface area contributed by atoms with Crippen LogP contribution in [-0.2, 0) is 17.8 Å². The molecule has 3 rings (SSSR count). The highest BCUT2D eigenvalue weighted by molar-refractivity contribution is 5.76. The van der Waals surface area contributed by atoms with Crippen molar-refractivity contribution in [3.05, 3.63) is 58.0 Å². The van der Waals surface area contributed by atoms with Gasteiger partial charge in [0.15, 0.2) is 5.65 Å². The molecule has 0 unspecified atom stereocenters. The zero-order chi connectivity index (χ0) is 20.3. The molecule has 0 saturated heterocycles. The van der Waals surface area contributed by atoms with Gasteiger partial charge in [-0.05, 0) is 49.9 Å². The van der Waals surface area contributed by atoms with Crippen molar-refractivity contribution < 1.29 is 9.53 Å². The van der Waals surface area contributed by atoms with Crippen LogP contribution in [0.15, 0.2) is 24.4 Å². The Balaban J connectivity index is 1.65. The third-order valence-electron chi connectivity index (χ3n) is 4.89. The summed E-state index contributed by atoms with van der Waals surface area (Å²) in [6, 6.07) is 8.00. The molecule has 1 aromatic carbocycles. The van der Waals surface area contributed by atoms with Gasteiger partial charge in [0.05, 0.1) is 13.3 Å². The fourth-order valence-corrected chi connectivity index (χ4v) is 3.25. The summed E-state index contributed by atoms with van der Waals surface area (Å²) in [6.07, 6.45) is 2.43. The third-order valence-corrected chi connectivity index (χ3v) is 4.89. The molecule has 0 bridgehead atoms. The normalized spacial score (nSPS) is 10.7. The van der Waals surface area contributed by atoms with E-state index < -0.39 is 0 Å². The van der Waals surface area contributed by atoms with Crippen molar-refractivity contribution in [2.45, 2.75) is 40.2 Å². The number of carbonyl (C=O) groups is 1. The lowest BCUT2D eigenvalue weighted by Gasteiger charge is -2.12. The van der Waals surface area contributed by atoms with Crippen molar-refractivity contribution >= 4 is 11.6 Å². The smallest absolute Gasteiger partial charge is 0.220 e. The van der Waals surface area contributed by atoms with Gasteiger partial charge in [-0.25, -0.2) is 9.50 Å². The Hall–Kier alpha value is -3.40. The Labute approximate surface area is 164 Å². The number of methoxy groups -OCH3 is 1. The van der Waals surface area contributed by atoms with Crippen LogP contribution in [0.1, 0.15) is 40.1 Å². The molecule has 7 heteroatoms. The van der Waals surface area contributed by atoms with Gasteiger partial charge in [0.25, 0.3) is 0 Å². The molecule has 2 heterocycles. The van der Waals surface area contributed by atoms with E-state index >= 15 is 0 Å². The SMILES string of the molecule is COc1cc(CNC(=O)CCc2c(C)nc3c(C#N)cnn3c2C)ccc1C. The van der Waals surface area contributed by atoms with Gasteiger partial charge in [0, 0.05) is 24.4 Å². The Bertz CT molecular complexity index is 1080. The topological polar surface area (TPSA) is 92.3 Å². The summed E-state index contributed by atoms with van der Waals surface area (Å²) >= 11 is 0. The highest BCUT2D eigenvalue weighted by atomic mass is 16.5. The molecule has 2 aromatic heterocycles. The van der Waals surface area contributed by atoms with Crippen molar-refractivity contribution in [1.29, 1.82) is 5.26 Å². The number of fused-ring (bicyclic) bond motifs is 1. The minimum absolute atomic E-state index is 0.0309. The highest BCUT2D eigenvalue weighted by Gasteiger charge is 2.14. The van der Waals surface area contributed by atoms with E-state index in [1.807, 2.05) is 39.0 Å². The molecule has 0 spiro atoms. The highest BCUT2D eigenvalue weighted by Crippen LogP contribution is 2.20. The first-order valence-electron chi connectivity index (χ1n) is 9.08. The molecule has 0 aliphatic carbocycles. The fourth-order valence-electron chi connectivity index (χ4n) is 3.25. The Morgan fingerprint density at radius 2 is 2.11 bits per heavy atom. The maximum absolute atomic E-state index is 12.3. The van der Waals surface area contributed by atoms with Gasteiger partial charge in [0.1, 0.15) is 17.4 Å². The van der Waals surface area contributed by atoms with Crippen LogP contribution in [0.25, 0.3) is 5.65 Å². The van der Waals surface area contributed by atoms with Gasteiger partial charge in [-0.3, -0.25) is 4.79 Å². The maximum atomic E-state index is 12.3. The lowest BCUT2D eigenvalue weighted by molar-refractivity contribution is -0.121. The van der Waals surface area contributed by atoms with Crippen molar-refractivity contribution in [3.63, 3.8) is 0 Å². The van der Waals surface area contributed by atoms with E-state index in [1.54, 1.807) is 11.6 Å². The predicted molar refractivity (Wildman–Crippen MR) is 105 cm³/mol. The number of carbonyl (C=O) groups excluding carboxylic acids is 1. The van der Waals surface area contributed by atoms with Crippen LogP contribution in [0, 0.1) is 32.1 Å². The van der Waals surface area contributed by atoms with E-state index in [-0.39, 0.29) is 5.91 Å². The monoisotopic (exact) mass is 377 g/mol. The second-order valence-corrected chi connectivity index (χ2v) is 6.75. The molecule has 1 amide bonds. The van der Waals surface area contributed by atoms with Crippen molar-refractivity contribution in [2.75, 3.05) is 7.11 Å². The number of ether oxygens (including phenoxy) is 1. The van der Waals surface area contributed by atoms with Crippen molar-refractivity contribution in [1.82, 2.24) is 19.9 Å². The number of rotatable bonds is 6. The minimum atomic E-state index is -0.0309. The molecule has 144 valence electrons. The number of nitriles is 1. The van der Waals surface area contributed by atoms with E-state index in [0.717, 1.165) is 33.8 Å². The molecule has 0 aliphatic rings. The van der Waals surface area contributed by atoms with Crippen LogP contribution in [0.3, 0.4) is 0 Å². The van der Waals surface area contributed by atoms with Crippen molar-refractivity contribution in [2.24, 2.45) is 0 Å². The van der Waals surface area contributed by atoms with E-state index in [2.05, 4.69) is 21.5 Å². The summed E-state index contributed by atoms with van der Waals surface area (Å²) in [5, 5.41) is 16.3. The number of aromatic nitrogens is 3. The fraction of sp³-hybridized carbons (Fsp3) is 0.333. The van der Waals surface area contributed by atoms with Gasteiger partial charge in [0.2, 0.25) is 5.91 Å². The lowest BCUT2D eigenvalue weighted by Crippen LogP contribution is -2.23. The molecule has 0 saturated carbocycles. The van der Waals surface area contributed by atoms with E-state index in [1.165, 1.54) is 6.20 Å². The molecule has 0 fully saturated rings. The molecule has 0 atom stereocenters. The summed E-state index contributed by atoms with van der Waals surface area (Å²) in [5.41, 5.74) is 5.75. The summed E-state index contributed by atoms with van der Waals surface area (Å²) < 4.78 is 6.99. The van der Waals surface area contributed by atoms with Crippen LogP contribution < -0.4 is 10.1 Å². The van der Waals surface area contributed by atoms with E-state index in [4.69, 9.17) is 10.00 Å². The first kappa shape index (κ1) is 19.4. The number of hydrogen-bond donors (Lipinski definition) is 1. The van der Waals surface area contributed by atoms with Crippen LogP contribution in [-0.4, -0.2) is 27.6 Å². The predicted octanol–water partition coefficient (Wildman–Crippen LogP) is 2.78. The average Bonchev–Trinajstić information content (AvgIpc) is 3.10. The standard InChI is InChI=1S/C21H23N5O2/c1-13-5-6-16(9-19(13)28-4)11-23-20(27)8-7-18-14(2)25-21-17(10-22)12-24-26(21)15(18)3/h5-6,9,12H,7-8,11H2,1-4H3,(H,23,27). The second kappa shape index (κ2) is 8.09. The summed E-state index contributed by atoms with van der Waals surface area (Å²) in [7, 11) is 1.64. The molecular weight excluding hydrogens is 354 g/mol. The first-order valence-corrected chi connectivity index (χ1v) is 9.08. The maximum Gasteiger partial charge on any atom is 0.220 e. The third kappa shape index (κ3) is 3.81. The number of nitrogens with zero attached hydrogens (tertiary/aromatic N) is 4. The van der Waals surface area contributed by atoms with Gasteiger partial charge < -0.3 is 10.1 Å². The molecule has 1 N–H and O–H groups in total. The van der Waals surface area contributed by atoms with E-state index in [9.17, 15) is 4.79 Å². The lowest BCUT2D eigenvalue weighted by atomic mass is 10.1. The molecule has 0 aliphatic heterocycles. The minimum Gasteiger partial charge on any atom is -0.496 e. The summed E-state index contributed by atoms with van der Waals surface area (Å²) in [6.45, 7) is 6.26. The Morgan fingerprint density at radius 3 is 2.82 bits per heavy atom. The molecule has 28 heavy (non-hydrogen) atoms. The van der Waals surface area contributed by atoms with Gasteiger partial charge in [-0.1, -0.05) is 12.1 Å². The second-order valence-electron chi connectivity index (χ2n) is 6.75. The number of benzene rings is 1. The zero-order valence-electron chi connectivity index (χ0n) is 16.5. The van der Waals surface area contributed by atoms with Crippen molar-refractivity contribution in [3.8, 4) is 11.8 Å². The number of aryl methyl sites for hydroxylation is 3. The Morgan fingerprint density at radius 1 is 1.32 bits per heavy atom. The average molecular weight is 377 g/mol. The van der Waals surface area contributed by atoms with Gasteiger partial charge >= 0.3 is 0 Å². The summed E-state index contributed by atoms with van der Waals surface area (Å²) in [5.74, 6) is 0.782. The quantitative estimate of drug-likeness (QED) is 0.713. The van der Waals surface area contributed by atoms with Gasteiger partial charge in [-0.15, -0.1) is 0 Å². The van der Waals surface area contributed by atoms with Crippen LogP contribution in [0.4, 0.5) is 0 Å². The molecule has 0 radical (unpaired) electrons. The summed E-state index contributed by atoms with van der Waals surface area (Å²) in [4.78, 5) is 16.8. The number of amides is 1. The first-order chi connectivity index (χ1) is 13.4. The molecule has 7 nitrogen and oxygen atoms in total. The van der Waals surface area contributed by atoms with E-state index in [0.29, 0.717) is 30.6 Å². The van der Waals surface area contributed by atoms with Crippen LogP contribution >= 0.6 is 0 Å². The largest absolute Gasteiger partial charge is 0.496 e. The molecule has 3 aromatic rings. The van der Waals surface area contributed by atoms with Gasteiger partial charge in [-0.2, -0.15) is 10.4 Å². The Kier molecular flexibility index (Phi) is 5.59. The zero-order valence-corrected chi connectivity index (χ0v) is 16.5. The number of hydrogen-bond acceptors (Lipinski definition) is 5.